The Labute approximate surface area is 112 Å². The number of rotatable bonds is 3. The minimum absolute atomic E-state index is 1.12. The zero-order valence-electron chi connectivity index (χ0n) is 11.0. The minimum atomic E-state index is 1.12. The first kappa shape index (κ1) is 11.7. The van der Waals surface area contributed by atoms with Gasteiger partial charge in [0.2, 0.25) is 0 Å². The third-order valence-electron chi connectivity index (χ3n) is 3.55. The van der Waals surface area contributed by atoms with E-state index in [2.05, 4.69) is 50.2 Å². The molecule has 0 aliphatic carbocycles. The van der Waals surface area contributed by atoms with Gasteiger partial charge in [0.15, 0.2) is 0 Å². The van der Waals surface area contributed by atoms with Gasteiger partial charge in [-0.1, -0.05) is 44.5 Å². The second-order valence-electron chi connectivity index (χ2n) is 4.87. The van der Waals surface area contributed by atoms with Crippen molar-refractivity contribution in [3.05, 3.63) is 47.5 Å². The first-order chi connectivity index (χ1) is 8.81. The monoisotopic (exact) mass is 254 g/mol. The van der Waals surface area contributed by atoms with Crippen molar-refractivity contribution in [3.8, 4) is 0 Å². The van der Waals surface area contributed by atoms with Gasteiger partial charge in [-0.15, -0.1) is 11.3 Å². The molecule has 0 aliphatic heterocycles. The minimum Gasteiger partial charge on any atom is -0.135 e. The van der Waals surface area contributed by atoms with Crippen molar-refractivity contribution < 1.29 is 0 Å². The summed E-state index contributed by atoms with van der Waals surface area (Å²) in [5, 5.41) is 2.83. The fraction of sp³-hybridized carbons (Fsp3) is 0.294. The molecule has 0 N–H and O–H groups in total. The van der Waals surface area contributed by atoms with Crippen molar-refractivity contribution in [1.29, 1.82) is 0 Å². The highest BCUT2D eigenvalue weighted by atomic mass is 32.1. The van der Waals surface area contributed by atoms with E-state index in [0.29, 0.717) is 0 Å². The maximum absolute atomic E-state index is 2.37. The summed E-state index contributed by atoms with van der Waals surface area (Å²) in [5.41, 5.74) is 2.90. The highest BCUT2D eigenvalue weighted by Gasteiger charge is 2.06. The first-order valence-corrected chi connectivity index (χ1v) is 7.57. The van der Waals surface area contributed by atoms with Gasteiger partial charge in [0.25, 0.3) is 0 Å². The van der Waals surface area contributed by atoms with E-state index in [0.717, 1.165) is 6.42 Å². The summed E-state index contributed by atoms with van der Waals surface area (Å²) in [6.45, 7) is 4.45. The van der Waals surface area contributed by atoms with Gasteiger partial charge in [0.05, 0.1) is 0 Å². The lowest BCUT2D eigenvalue weighted by Crippen LogP contribution is -1.80. The lowest BCUT2D eigenvalue weighted by molar-refractivity contribution is 0.924. The molecule has 0 bridgehead atoms. The van der Waals surface area contributed by atoms with Gasteiger partial charge in [-0.2, -0.15) is 0 Å². The van der Waals surface area contributed by atoms with E-state index in [1.54, 1.807) is 0 Å². The molecule has 0 fully saturated rings. The average Bonchev–Trinajstić information content (AvgIpc) is 2.75. The number of aryl methyl sites for hydroxylation is 2. The number of benzene rings is 2. The molecule has 0 saturated carbocycles. The van der Waals surface area contributed by atoms with Crippen LogP contribution < -0.4 is 0 Å². The molecular formula is C17H18S. The lowest BCUT2D eigenvalue weighted by atomic mass is 10.1. The van der Waals surface area contributed by atoms with Gasteiger partial charge < -0.3 is 0 Å². The third kappa shape index (κ3) is 1.93. The van der Waals surface area contributed by atoms with Crippen LogP contribution in [0.5, 0.6) is 0 Å². The molecule has 0 unspecified atom stereocenters. The molecule has 1 heterocycles. The highest BCUT2D eigenvalue weighted by molar-refractivity contribution is 7.25. The molecular weight excluding hydrogens is 236 g/mol. The Morgan fingerprint density at radius 3 is 2.06 bits per heavy atom. The second kappa shape index (κ2) is 4.74. The predicted molar refractivity (Wildman–Crippen MR) is 82.7 cm³/mol. The second-order valence-corrected chi connectivity index (χ2v) is 5.95. The normalized spacial score (nSPS) is 11.4. The summed E-state index contributed by atoms with van der Waals surface area (Å²) in [4.78, 5) is 0. The Bertz CT molecular complexity index is 691. The summed E-state index contributed by atoms with van der Waals surface area (Å²) in [7, 11) is 0. The van der Waals surface area contributed by atoms with E-state index in [-0.39, 0.29) is 0 Å². The summed E-state index contributed by atoms with van der Waals surface area (Å²) < 4.78 is 2.86. The molecule has 0 nitrogen and oxygen atoms in total. The van der Waals surface area contributed by atoms with Gasteiger partial charge in [-0.25, -0.2) is 0 Å². The van der Waals surface area contributed by atoms with E-state index < -0.39 is 0 Å². The Balaban J connectivity index is 2.22. The largest absolute Gasteiger partial charge is 0.135 e. The van der Waals surface area contributed by atoms with Crippen LogP contribution in [-0.2, 0) is 12.8 Å². The Kier molecular flexibility index (Phi) is 3.09. The van der Waals surface area contributed by atoms with Crippen molar-refractivity contribution in [1.82, 2.24) is 0 Å². The van der Waals surface area contributed by atoms with Crippen molar-refractivity contribution in [2.45, 2.75) is 33.1 Å². The molecule has 0 amide bonds. The fourth-order valence-electron chi connectivity index (χ4n) is 2.53. The van der Waals surface area contributed by atoms with Crippen LogP contribution in [0.25, 0.3) is 20.2 Å². The molecule has 3 rings (SSSR count). The summed E-state index contributed by atoms with van der Waals surface area (Å²) in [6, 6.07) is 13.8. The quantitative estimate of drug-likeness (QED) is 0.573. The van der Waals surface area contributed by atoms with E-state index in [1.807, 2.05) is 11.3 Å². The van der Waals surface area contributed by atoms with Crippen LogP contribution in [0.1, 0.15) is 31.4 Å². The maximum atomic E-state index is 2.37. The van der Waals surface area contributed by atoms with E-state index in [1.165, 1.54) is 44.1 Å². The molecule has 0 spiro atoms. The van der Waals surface area contributed by atoms with Crippen molar-refractivity contribution >= 4 is 31.5 Å². The van der Waals surface area contributed by atoms with E-state index >= 15 is 0 Å². The number of hydrogen-bond donors (Lipinski definition) is 0. The molecule has 2 aromatic carbocycles. The maximum Gasteiger partial charge on any atom is 0.0358 e. The van der Waals surface area contributed by atoms with E-state index in [4.69, 9.17) is 0 Å². The number of hydrogen-bond acceptors (Lipinski definition) is 1. The topological polar surface area (TPSA) is 0 Å². The standard InChI is InChI=1S/C17H18S/c1-3-5-13-7-9-15-14-8-6-12(4-2)10-16(14)18-17(15)11-13/h6-11H,3-5H2,1-2H3. The van der Waals surface area contributed by atoms with Crippen molar-refractivity contribution in [3.63, 3.8) is 0 Å². The summed E-state index contributed by atoms with van der Waals surface area (Å²) in [6.07, 6.45) is 3.52. The van der Waals surface area contributed by atoms with Gasteiger partial charge in [-0.05, 0) is 36.1 Å². The molecule has 0 saturated heterocycles. The zero-order valence-corrected chi connectivity index (χ0v) is 11.8. The zero-order chi connectivity index (χ0) is 12.5. The van der Waals surface area contributed by atoms with Crippen molar-refractivity contribution in [2.75, 3.05) is 0 Å². The number of fused-ring (bicyclic) bond motifs is 3. The molecule has 0 atom stereocenters. The van der Waals surface area contributed by atoms with Gasteiger partial charge in [0.1, 0.15) is 0 Å². The Morgan fingerprint density at radius 1 is 0.833 bits per heavy atom. The predicted octanol–water partition coefficient (Wildman–Crippen LogP) is 5.57. The molecule has 0 aliphatic rings. The van der Waals surface area contributed by atoms with Crippen LogP contribution in [0.3, 0.4) is 0 Å². The summed E-state index contributed by atoms with van der Waals surface area (Å²) >= 11 is 1.93. The van der Waals surface area contributed by atoms with Crippen LogP contribution in [0, 0.1) is 0 Å². The van der Waals surface area contributed by atoms with Crippen LogP contribution in [-0.4, -0.2) is 0 Å². The van der Waals surface area contributed by atoms with Gasteiger partial charge in [-0.3, -0.25) is 0 Å². The molecule has 3 aromatic rings. The van der Waals surface area contributed by atoms with Gasteiger partial charge in [0, 0.05) is 20.2 Å². The van der Waals surface area contributed by atoms with E-state index in [9.17, 15) is 0 Å². The van der Waals surface area contributed by atoms with Crippen LogP contribution in [0.4, 0.5) is 0 Å². The first-order valence-electron chi connectivity index (χ1n) is 6.76. The van der Waals surface area contributed by atoms with Crippen molar-refractivity contribution in [2.24, 2.45) is 0 Å². The number of thiophene rings is 1. The molecule has 1 aromatic heterocycles. The van der Waals surface area contributed by atoms with Crippen LogP contribution >= 0.6 is 11.3 Å². The summed E-state index contributed by atoms with van der Waals surface area (Å²) in [5.74, 6) is 0. The Hall–Kier alpha value is -1.34. The molecule has 18 heavy (non-hydrogen) atoms. The SMILES string of the molecule is CCCc1ccc2c(c1)sc1cc(CC)ccc12. The highest BCUT2D eigenvalue weighted by Crippen LogP contribution is 2.35. The lowest BCUT2D eigenvalue weighted by Gasteiger charge is -1.98. The fourth-order valence-corrected chi connectivity index (χ4v) is 3.76. The Morgan fingerprint density at radius 2 is 1.44 bits per heavy atom. The van der Waals surface area contributed by atoms with Crippen LogP contribution in [0.2, 0.25) is 0 Å². The average molecular weight is 254 g/mol. The third-order valence-corrected chi connectivity index (χ3v) is 4.66. The molecule has 0 radical (unpaired) electrons. The van der Waals surface area contributed by atoms with Gasteiger partial charge >= 0.3 is 0 Å². The smallest absolute Gasteiger partial charge is 0.0358 e. The van der Waals surface area contributed by atoms with Crippen LogP contribution in [0.15, 0.2) is 36.4 Å². The molecule has 92 valence electrons. The molecule has 1 heteroatoms.